The molecule has 3 aromatic rings. The minimum absolute atomic E-state index is 0.393. The molecule has 0 bridgehead atoms. The number of anilines is 1. The van der Waals surface area contributed by atoms with E-state index in [1.807, 2.05) is 19.2 Å². The van der Waals surface area contributed by atoms with Crippen molar-refractivity contribution in [2.45, 2.75) is 5.41 Å². The molecule has 0 amide bonds. The molecule has 0 aromatic heterocycles. The Morgan fingerprint density at radius 1 is 0.852 bits per heavy atom. The molecule has 1 aliphatic rings. The first kappa shape index (κ1) is 17.1. The second-order valence-electron chi connectivity index (χ2n) is 6.73. The Morgan fingerprint density at radius 2 is 1.56 bits per heavy atom. The van der Waals surface area contributed by atoms with E-state index in [4.69, 9.17) is 0 Å². The van der Waals surface area contributed by atoms with Gasteiger partial charge in [0.15, 0.2) is 0 Å². The van der Waals surface area contributed by atoms with Crippen molar-refractivity contribution in [3.8, 4) is 11.1 Å². The van der Waals surface area contributed by atoms with Crippen LogP contribution in [0.1, 0.15) is 16.7 Å². The third-order valence-electron chi connectivity index (χ3n) is 5.49. The Morgan fingerprint density at radius 3 is 2.26 bits per heavy atom. The van der Waals surface area contributed by atoms with Crippen LogP contribution in [0.15, 0.2) is 110 Å². The molecule has 1 heteroatoms. The molecule has 0 aliphatic heterocycles. The fourth-order valence-electron chi connectivity index (χ4n) is 4.39. The van der Waals surface area contributed by atoms with Gasteiger partial charge in [0.05, 0.1) is 5.41 Å². The zero-order chi connectivity index (χ0) is 18.9. The fraction of sp³-hybridized carbons (Fsp3) is 0.0769. The van der Waals surface area contributed by atoms with Gasteiger partial charge in [0.2, 0.25) is 0 Å². The SMILES string of the molecule is C=C/C=C(\C=C)C1(c2ccccc2)c2ccccc2-c2cc(NC)ccc21. The van der Waals surface area contributed by atoms with E-state index in [-0.39, 0.29) is 0 Å². The quantitative estimate of drug-likeness (QED) is 0.530. The maximum Gasteiger partial charge on any atom is 0.0713 e. The maximum absolute atomic E-state index is 4.15. The van der Waals surface area contributed by atoms with E-state index >= 15 is 0 Å². The average Bonchev–Trinajstić information content (AvgIpc) is 3.03. The number of benzene rings is 3. The zero-order valence-electron chi connectivity index (χ0n) is 15.6. The average molecular weight is 349 g/mol. The minimum Gasteiger partial charge on any atom is -0.388 e. The normalized spacial score (nSPS) is 17.7. The van der Waals surface area contributed by atoms with Gasteiger partial charge >= 0.3 is 0 Å². The molecule has 1 nitrogen and oxygen atoms in total. The monoisotopic (exact) mass is 349 g/mol. The highest BCUT2D eigenvalue weighted by atomic mass is 14.8. The predicted molar refractivity (Wildman–Crippen MR) is 116 cm³/mol. The summed E-state index contributed by atoms with van der Waals surface area (Å²) in [6.45, 7) is 8.10. The highest BCUT2D eigenvalue weighted by molar-refractivity contribution is 5.88. The number of hydrogen-bond acceptors (Lipinski definition) is 1. The van der Waals surface area contributed by atoms with Crippen LogP contribution in [0.4, 0.5) is 5.69 Å². The summed E-state index contributed by atoms with van der Waals surface area (Å²) >= 11 is 0. The standard InChI is InChI=1S/C26H23N/c1-4-11-19(5-2)26(20-12-7-6-8-13-20)24-15-10-9-14-22(24)23-18-21(27-3)16-17-25(23)26/h4-18,27H,1-2H2,3H3/b19-11+. The molecular weight excluding hydrogens is 326 g/mol. The van der Waals surface area contributed by atoms with Crippen LogP contribution in [0.3, 0.4) is 0 Å². The smallest absolute Gasteiger partial charge is 0.0713 e. The Hall–Kier alpha value is -3.32. The first-order valence-corrected chi connectivity index (χ1v) is 9.20. The molecule has 27 heavy (non-hydrogen) atoms. The van der Waals surface area contributed by atoms with Crippen LogP contribution < -0.4 is 5.32 Å². The van der Waals surface area contributed by atoms with Crippen molar-refractivity contribution in [2.75, 3.05) is 12.4 Å². The Bertz CT molecular complexity index is 1040. The van der Waals surface area contributed by atoms with Crippen molar-refractivity contribution >= 4 is 5.69 Å². The molecule has 132 valence electrons. The van der Waals surface area contributed by atoms with Crippen LogP contribution in [0.25, 0.3) is 11.1 Å². The van der Waals surface area contributed by atoms with Crippen molar-refractivity contribution in [3.63, 3.8) is 0 Å². The van der Waals surface area contributed by atoms with Crippen LogP contribution >= 0.6 is 0 Å². The third kappa shape index (κ3) is 2.39. The molecule has 1 N–H and O–H groups in total. The molecule has 0 saturated carbocycles. The first-order chi connectivity index (χ1) is 13.3. The molecule has 4 rings (SSSR count). The summed E-state index contributed by atoms with van der Waals surface area (Å²) in [7, 11) is 1.96. The highest BCUT2D eigenvalue weighted by Crippen LogP contribution is 2.56. The summed E-state index contributed by atoms with van der Waals surface area (Å²) in [5.74, 6) is 0. The van der Waals surface area contributed by atoms with Crippen molar-refractivity contribution in [3.05, 3.63) is 126 Å². The van der Waals surface area contributed by atoms with Gasteiger partial charge in [0.25, 0.3) is 0 Å². The topological polar surface area (TPSA) is 12.0 Å². The minimum atomic E-state index is -0.393. The first-order valence-electron chi connectivity index (χ1n) is 9.20. The van der Waals surface area contributed by atoms with E-state index in [1.54, 1.807) is 0 Å². The van der Waals surface area contributed by atoms with Crippen molar-refractivity contribution in [1.82, 2.24) is 0 Å². The van der Waals surface area contributed by atoms with Crippen LogP contribution in [0.2, 0.25) is 0 Å². The highest BCUT2D eigenvalue weighted by Gasteiger charge is 2.46. The zero-order valence-corrected chi connectivity index (χ0v) is 15.6. The Balaban J connectivity index is 2.19. The van der Waals surface area contributed by atoms with Gasteiger partial charge in [-0.15, -0.1) is 0 Å². The fourth-order valence-corrected chi connectivity index (χ4v) is 4.39. The Labute approximate surface area is 161 Å². The molecule has 0 radical (unpaired) electrons. The summed E-state index contributed by atoms with van der Waals surface area (Å²) < 4.78 is 0. The lowest BCUT2D eigenvalue weighted by Crippen LogP contribution is -2.28. The van der Waals surface area contributed by atoms with Crippen LogP contribution in [-0.2, 0) is 5.41 Å². The lowest BCUT2D eigenvalue weighted by atomic mass is 9.67. The van der Waals surface area contributed by atoms with Crippen LogP contribution in [0.5, 0.6) is 0 Å². The largest absolute Gasteiger partial charge is 0.388 e. The molecule has 1 unspecified atom stereocenters. The summed E-state index contributed by atoms with van der Waals surface area (Å²) in [5, 5.41) is 3.27. The summed E-state index contributed by atoms with van der Waals surface area (Å²) in [4.78, 5) is 0. The van der Waals surface area contributed by atoms with Gasteiger partial charge < -0.3 is 5.32 Å². The van der Waals surface area contributed by atoms with Gasteiger partial charge in [-0.25, -0.2) is 0 Å². The molecule has 0 fully saturated rings. The maximum atomic E-state index is 4.15. The van der Waals surface area contributed by atoms with E-state index in [0.29, 0.717) is 0 Å². The second-order valence-corrected chi connectivity index (χ2v) is 6.73. The molecule has 0 spiro atoms. The summed E-state index contributed by atoms with van der Waals surface area (Å²) in [6, 6.07) is 26.0. The molecule has 1 atom stereocenters. The number of nitrogens with one attached hydrogen (secondary N) is 1. The molecule has 1 aliphatic carbocycles. The van der Waals surface area contributed by atoms with E-state index in [0.717, 1.165) is 11.3 Å². The van der Waals surface area contributed by atoms with Crippen LogP contribution in [0, 0.1) is 0 Å². The van der Waals surface area contributed by atoms with Gasteiger partial charge in [-0.05, 0) is 45.5 Å². The van der Waals surface area contributed by atoms with Crippen molar-refractivity contribution in [2.24, 2.45) is 0 Å². The predicted octanol–water partition coefficient (Wildman–Crippen LogP) is 6.34. The number of rotatable bonds is 5. The summed E-state index contributed by atoms with van der Waals surface area (Å²) in [6.07, 6.45) is 5.90. The molecule has 0 heterocycles. The van der Waals surface area contributed by atoms with Gasteiger partial charge in [-0.2, -0.15) is 0 Å². The van der Waals surface area contributed by atoms with E-state index < -0.39 is 5.41 Å². The number of hydrogen-bond donors (Lipinski definition) is 1. The second kappa shape index (κ2) is 6.77. The van der Waals surface area contributed by atoms with Crippen molar-refractivity contribution < 1.29 is 0 Å². The lowest BCUT2D eigenvalue weighted by Gasteiger charge is -2.34. The lowest BCUT2D eigenvalue weighted by molar-refractivity contribution is 0.767. The number of allylic oxidation sites excluding steroid dienone is 4. The number of fused-ring (bicyclic) bond motifs is 3. The Kier molecular flexibility index (Phi) is 4.29. The van der Waals surface area contributed by atoms with Gasteiger partial charge in [0.1, 0.15) is 0 Å². The molecular formula is C26H23N. The molecule has 0 saturated heterocycles. The van der Waals surface area contributed by atoms with Crippen LogP contribution in [-0.4, -0.2) is 7.05 Å². The van der Waals surface area contributed by atoms with Gasteiger partial charge in [-0.3, -0.25) is 0 Å². The van der Waals surface area contributed by atoms with Crippen molar-refractivity contribution in [1.29, 1.82) is 0 Å². The third-order valence-corrected chi connectivity index (χ3v) is 5.49. The van der Waals surface area contributed by atoms with E-state index in [9.17, 15) is 0 Å². The van der Waals surface area contributed by atoms with E-state index in [1.165, 1.54) is 27.8 Å². The van der Waals surface area contributed by atoms with E-state index in [2.05, 4.69) is 97.3 Å². The molecule has 3 aromatic carbocycles. The van der Waals surface area contributed by atoms with Gasteiger partial charge in [0, 0.05) is 12.7 Å². The van der Waals surface area contributed by atoms with Gasteiger partial charge in [-0.1, -0.05) is 92.0 Å². The summed E-state index contributed by atoms with van der Waals surface area (Å²) in [5.41, 5.74) is 8.18.